The van der Waals surface area contributed by atoms with Crippen LogP contribution in [0, 0.1) is 0 Å². The minimum absolute atomic E-state index is 0.120. The summed E-state index contributed by atoms with van der Waals surface area (Å²) in [4.78, 5) is 31.5. The van der Waals surface area contributed by atoms with E-state index in [-0.39, 0.29) is 11.3 Å². The van der Waals surface area contributed by atoms with Crippen LogP contribution in [0.25, 0.3) is 5.76 Å². The van der Waals surface area contributed by atoms with E-state index in [1.807, 2.05) is 61.3 Å². The van der Waals surface area contributed by atoms with Crippen molar-refractivity contribution >= 4 is 23.1 Å². The highest BCUT2D eigenvalue weighted by atomic mass is 16.5. The highest BCUT2D eigenvalue weighted by molar-refractivity contribution is 6.46. The van der Waals surface area contributed by atoms with E-state index in [0.29, 0.717) is 25.3 Å². The lowest BCUT2D eigenvalue weighted by molar-refractivity contribution is -0.140. The molecule has 0 bridgehead atoms. The number of nitrogens with zero attached hydrogens (tertiary/aromatic N) is 3. The predicted molar refractivity (Wildman–Crippen MR) is 119 cm³/mol. The Bertz CT molecular complexity index is 1030. The number of benzene rings is 2. The molecule has 7 heteroatoms. The summed E-state index contributed by atoms with van der Waals surface area (Å²) < 4.78 is 5.68. The number of ketones is 1. The smallest absolute Gasteiger partial charge is 0.295 e. The third-order valence-electron chi connectivity index (χ3n) is 5.77. The largest absolute Gasteiger partial charge is 0.507 e. The van der Waals surface area contributed by atoms with Crippen LogP contribution in [0.5, 0.6) is 5.75 Å². The molecule has 162 valence electrons. The molecule has 2 aromatic rings. The monoisotopic (exact) mass is 421 g/mol. The van der Waals surface area contributed by atoms with Gasteiger partial charge in [0.05, 0.1) is 23.8 Å². The molecular formula is C24H27N3O4. The van der Waals surface area contributed by atoms with Gasteiger partial charge in [0, 0.05) is 25.7 Å². The number of aliphatic hydroxyl groups excluding tert-OH is 1. The maximum Gasteiger partial charge on any atom is 0.295 e. The number of likely N-dealkylation sites (tertiary alicyclic amines) is 1. The molecule has 2 aliphatic heterocycles. The molecule has 7 nitrogen and oxygen atoms in total. The number of rotatable bonds is 5. The Morgan fingerprint density at radius 1 is 1.16 bits per heavy atom. The lowest BCUT2D eigenvalue weighted by Crippen LogP contribution is -2.35. The summed E-state index contributed by atoms with van der Waals surface area (Å²) in [5.74, 6) is -0.680. The van der Waals surface area contributed by atoms with Crippen LogP contribution in [0.4, 0.5) is 5.69 Å². The molecule has 1 saturated heterocycles. The summed E-state index contributed by atoms with van der Waals surface area (Å²) in [6.45, 7) is 2.32. The van der Waals surface area contributed by atoms with Gasteiger partial charge in [-0.2, -0.15) is 0 Å². The van der Waals surface area contributed by atoms with Gasteiger partial charge in [0.2, 0.25) is 0 Å². The van der Waals surface area contributed by atoms with Crippen molar-refractivity contribution in [3.63, 3.8) is 0 Å². The van der Waals surface area contributed by atoms with Crippen molar-refractivity contribution in [3.8, 4) is 5.75 Å². The second-order valence-corrected chi connectivity index (χ2v) is 8.16. The van der Waals surface area contributed by atoms with Gasteiger partial charge in [0.15, 0.2) is 0 Å². The van der Waals surface area contributed by atoms with Gasteiger partial charge in [-0.3, -0.25) is 9.59 Å². The van der Waals surface area contributed by atoms with Gasteiger partial charge in [-0.15, -0.1) is 0 Å². The fraction of sp³-hybridized carbons (Fsp3) is 0.333. The van der Waals surface area contributed by atoms with E-state index in [1.165, 1.54) is 0 Å². The Hall–Kier alpha value is -3.32. The summed E-state index contributed by atoms with van der Waals surface area (Å²) in [6, 6.07) is 14.1. The minimum atomic E-state index is -0.660. The first-order chi connectivity index (χ1) is 14.9. The molecule has 31 heavy (non-hydrogen) atoms. The first-order valence-electron chi connectivity index (χ1n) is 10.3. The van der Waals surface area contributed by atoms with Crippen LogP contribution in [-0.2, 0) is 9.59 Å². The molecule has 0 spiro atoms. The number of Topliss-reactive ketones (excluding diaryl/α,β-unsaturated/α-hetero) is 1. The third-order valence-corrected chi connectivity index (χ3v) is 5.77. The van der Waals surface area contributed by atoms with Crippen molar-refractivity contribution in [3.05, 3.63) is 65.2 Å². The number of hydrogen-bond donors (Lipinski definition) is 1. The Balaban J connectivity index is 1.82. The molecule has 2 aromatic carbocycles. The van der Waals surface area contributed by atoms with Crippen LogP contribution in [0.2, 0.25) is 0 Å². The van der Waals surface area contributed by atoms with E-state index in [4.69, 9.17) is 4.74 Å². The van der Waals surface area contributed by atoms with Gasteiger partial charge in [-0.05, 0) is 37.9 Å². The normalized spacial score (nSPS) is 20.2. The number of likely N-dealkylation sites (N-methyl/N-ethyl adjacent to an activating group) is 2. The fourth-order valence-electron chi connectivity index (χ4n) is 4.05. The van der Waals surface area contributed by atoms with Crippen LogP contribution in [0.1, 0.15) is 17.2 Å². The molecule has 1 unspecified atom stereocenters. The van der Waals surface area contributed by atoms with Gasteiger partial charge >= 0.3 is 0 Å². The van der Waals surface area contributed by atoms with Gasteiger partial charge in [0.1, 0.15) is 18.1 Å². The lowest BCUT2D eigenvalue weighted by Gasteiger charge is -2.28. The zero-order valence-electron chi connectivity index (χ0n) is 18.0. The van der Waals surface area contributed by atoms with E-state index < -0.39 is 17.7 Å². The standard InChI is InChI=1S/C24H27N3O4/c1-25(2)11-12-27-21(16-7-5-4-6-8-16)20(23(29)24(27)30)22(28)17-9-10-19-18(15-17)26(3)13-14-31-19/h4-10,15,21,28H,11-14H2,1-3H3/b22-20-. The van der Waals surface area contributed by atoms with Gasteiger partial charge < -0.3 is 24.5 Å². The van der Waals surface area contributed by atoms with Gasteiger partial charge in [-0.25, -0.2) is 0 Å². The molecule has 2 heterocycles. The molecule has 0 saturated carbocycles. The maximum absolute atomic E-state index is 13.1. The number of ether oxygens (including phenoxy) is 1. The zero-order valence-corrected chi connectivity index (χ0v) is 18.0. The quantitative estimate of drug-likeness (QED) is 0.454. The van der Waals surface area contributed by atoms with E-state index in [2.05, 4.69) is 0 Å². The molecule has 2 aliphatic rings. The minimum Gasteiger partial charge on any atom is -0.507 e. The molecule has 1 N–H and O–H groups in total. The van der Waals surface area contributed by atoms with E-state index in [0.717, 1.165) is 23.5 Å². The van der Waals surface area contributed by atoms with E-state index in [9.17, 15) is 14.7 Å². The Kier molecular flexibility index (Phi) is 5.69. The molecular weight excluding hydrogens is 394 g/mol. The van der Waals surface area contributed by atoms with E-state index >= 15 is 0 Å². The van der Waals surface area contributed by atoms with Crippen molar-refractivity contribution in [2.45, 2.75) is 6.04 Å². The first-order valence-corrected chi connectivity index (χ1v) is 10.3. The highest BCUT2D eigenvalue weighted by Gasteiger charge is 2.45. The average molecular weight is 421 g/mol. The maximum atomic E-state index is 13.1. The second kappa shape index (κ2) is 8.43. The number of amides is 1. The SMILES string of the molecule is CN(C)CCN1C(=O)C(=O)/C(=C(\O)c2ccc3c(c2)N(C)CCO3)C1c1ccccc1. The summed E-state index contributed by atoms with van der Waals surface area (Å²) in [5.41, 5.74) is 2.24. The summed E-state index contributed by atoms with van der Waals surface area (Å²) in [5, 5.41) is 11.2. The van der Waals surface area contributed by atoms with Gasteiger partial charge in [-0.1, -0.05) is 30.3 Å². The first kappa shape index (κ1) is 20.9. The summed E-state index contributed by atoms with van der Waals surface area (Å²) in [7, 11) is 5.79. The van der Waals surface area contributed by atoms with Crippen LogP contribution >= 0.6 is 0 Å². The molecule has 1 amide bonds. The predicted octanol–water partition coefficient (Wildman–Crippen LogP) is 2.50. The van der Waals surface area contributed by atoms with Crippen molar-refractivity contribution in [2.24, 2.45) is 0 Å². The fourth-order valence-corrected chi connectivity index (χ4v) is 4.05. The summed E-state index contributed by atoms with van der Waals surface area (Å²) >= 11 is 0. The van der Waals surface area contributed by atoms with Crippen molar-refractivity contribution < 1.29 is 19.4 Å². The second-order valence-electron chi connectivity index (χ2n) is 8.16. The lowest BCUT2D eigenvalue weighted by atomic mass is 9.95. The zero-order chi connectivity index (χ0) is 22.1. The Morgan fingerprint density at radius 3 is 2.61 bits per heavy atom. The number of aliphatic hydroxyl groups is 1. The van der Waals surface area contributed by atoms with Crippen molar-refractivity contribution in [2.75, 3.05) is 52.3 Å². The molecule has 4 rings (SSSR count). The van der Waals surface area contributed by atoms with Crippen LogP contribution in [-0.4, -0.2) is 74.0 Å². The number of carbonyl (C=O) groups excluding carboxylic acids is 2. The molecule has 0 aromatic heterocycles. The van der Waals surface area contributed by atoms with Crippen molar-refractivity contribution in [1.82, 2.24) is 9.80 Å². The number of fused-ring (bicyclic) bond motifs is 1. The Morgan fingerprint density at radius 2 is 1.90 bits per heavy atom. The average Bonchev–Trinajstić information content (AvgIpc) is 3.02. The number of anilines is 1. The summed E-state index contributed by atoms with van der Waals surface area (Å²) in [6.07, 6.45) is 0. The highest BCUT2D eigenvalue weighted by Crippen LogP contribution is 2.40. The molecule has 1 atom stereocenters. The third kappa shape index (κ3) is 3.88. The number of carbonyl (C=O) groups is 2. The van der Waals surface area contributed by atoms with Crippen LogP contribution in [0.3, 0.4) is 0 Å². The number of hydrogen-bond acceptors (Lipinski definition) is 6. The van der Waals surface area contributed by atoms with E-state index in [1.54, 1.807) is 23.1 Å². The molecule has 1 fully saturated rings. The topological polar surface area (TPSA) is 73.3 Å². The molecule has 0 radical (unpaired) electrons. The Labute approximate surface area is 182 Å². The molecule has 0 aliphatic carbocycles. The van der Waals surface area contributed by atoms with Crippen LogP contribution in [0.15, 0.2) is 54.1 Å². The van der Waals surface area contributed by atoms with Gasteiger partial charge in [0.25, 0.3) is 11.7 Å². The van der Waals surface area contributed by atoms with Crippen molar-refractivity contribution in [1.29, 1.82) is 0 Å². The van der Waals surface area contributed by atoms with Crippen LogP contribution < -0.4 is 9.64 Å².